The number of benzene rings is 2. The number of para-hydroxylation sites is 1. The van der Waals surface area contributed by atoms with E-state index in [0.717, 1.165) is 5.69 Å². The Balaban J connectivity index is 2.09. The van der Waals surface area contributed by atoms with Crippen LogP contribution in [-0.4, -0.2) is 53.9 Å². The van der Waals surface area contributed by atoms with E-state index < -0.39 is 5.97 Å². The molecular weight excluding hydrogens is 370 g/mol. The minimum Gasteiger partial charge on any atom is -0.478 e. The fourth-order valence-electron chi connectivity index (χ4n) is 2.76. The predicted octanol–water partition coefficient (Wildman–Crippen LogP) is 2.56. The van der Waals surface area contributed by atoms with E-state index in [1.807, 2.05) is 30.3 Å². The van der Waals surface area contributed by atoms with Gasteiger partial charge >= 0.3 is 5.97 Å². The van der Waals surface area contributed by atoms with Crippen LogP contribution in [0, 0.1) is 0 Å². The number of hydrogen-bond acceptors (Lipinski definition) is 5. The molecular formula is C21H21N5O3. The number of rotatable bonds is 4. The number of anilines is 1. The van der Waals surface area contributed by atoms with E-state index in [9.17, 15) is 9.90 Å². The summed E-state index contributed by atoms with van der Waals surface area (Å²) >= 11 is 0. The van der Waals surface area contributed by atoms with E-state index in [1.165, 1.54) is 12.1 Å². The molecule has 0 fully saturated rings. The van der Waals surface area contributed by atoms with Crippen LogP contribution in [0.25, 0.3) is 5.57 Å². The first-order valence-corrected chi connectivity index (χ1v) is 8.92. The number of aliphatic hydroxyl groups excluding tert-OH is 1. The second-order valence-corrected chi connectivity index (χ2v) is 6.13. The van der Waals surface area contributed by atoms with Gasteiger partial charge in [-0.05, 0) is 24.3 Å². The summed E-state index contributed by atoms with van der Waals surface area (Å²) in [5, 5.41) is 24.5. The van der Waals surface area contributed by atoms with Crippen LogP contribution in [0.15, 0.2) is 70.1 Å². The van der Waals surface area contributed by atoms with Crippen molar-refractivity contribution < 1.29 is 15.0 Å². The molecule has 0 saturated carbocycles. The minimum atomic E-state index is -1.03. The second-order valence-electron chi connectivity index (χ2n) is 6.13. The van der Waals surface area contributed by atoms with Crippen LogP contribution in [0.5, 0.6) is 0 Å². The van der Waals surface area contributed by atoms with Crippen molar-refractivity contribution in [3.8, 4) is 0 Å². The van der Waals surface area contributed by atoms with Gasteiger partial charge in [0.2, 0.25) is 5.96 Å². The number of carboxylic acid groups (broad SMARTS) is 1. The van der Waals surface area contributed by atoms with Gasteiger partial charge in [-0.25, -0.2) is 14.8 Å². The van der Waals surface area contributed by atoms with Crippen molar-refractivity contribution >= 4 is 40.4 Å². The number of hydrogen-bond donors (Lipinski definition) is 4. The van der Waals surface area contributed by atoms with E-state index in [2.05, 4.69) is 32.2 Å². The second kappa shape index (κ2) is 8.94. The monoisotopic (exact) mass is 391 g/mol. The average Bonchev–Trinajstić information content (AvgIpc) is 2.73. The molecule has 1 aliphatic heterocycles. The van der Waals surface area contributed by atoms with E-state index in [1.54, 1.807) is 13.1 Å². The molecule has 1 heterocycles. The van der Waals surface area contributed by atoms with E-state index in [0.29, 0.717) is 40.9 Å². The number of amidine groups is 1. The number of nitrogens with one attached hydrogen (secondary N) is 2. The molecule has 0 bridgehead atoms. The fraction of sp³-hybridized carbons (Fsp3) is 0.143. The van der Waals surface area contributed by atoms with Crippen molar-refractivity contribution in [2.45, 2.75) is 0 Å². The maximum Gasteiger partial charge on any atom is 0.335 e. The van der Waals surface area contributed by atoms with E-state index in [4.69, 9.17) is 5.11 Å². The first-order chi connectivity index (χ1) is 14.0. The van der Waals surface area contributed by atoms with Crippen LogP contribution in [-0.2, 0) is 0 Å². The Bertz CT molecular complexity index is 1030. The maximum absolute atomic E-state index is 11.3. The maximum atomic E-state index is 11.3. The van der Waals surface area contributed by atoms with Gasteiger partial charge in [-0.3, -0.25) is 4.99 Å². The van der Waals surface area contributed by atoms with Crippen LogP contribution in [0.3, 0.4) is 0 Å². The molecule has 8 nitrogen and oxygen atoms in total. The summed E-state index contributed by atoms with van der Waals surface area (Å²) in [5.41, 5.74) is 3.16. The van der Waals surface area contributed by atoms with Gasteiger partial charge in [0.1, 0.15) is 5.71 Å². The van der Waals surface area contributed by atoms with Gasteiger partial charge in [0, 0.05) is 30.4 Å². The number of nitrogens with zero attached hydrogens (tertiary/aromatic N) is 3. The standard InChI is InChI=1S/C21H21N5O3/c1-13-16-9-8-14(20(28)29)12-17(16)25-19(24-15-6-4-3-5-7-15)18(13)26-21(22-2)23-10-11-27/h3-9,12,27H,1,10-11H2,2H3,(H,22,23)(H,24,25)(H,28,29). The Hall–Kier alpha value is -3.78. The molecule has 3 rings (SSSR count). The summed E-state index contributed by atoms with van der Waals surface area (Å²) in [4.78, 5) is 24.6. The predicted molar refractivity (Wildman–Crippen MR) is 115 cm³/mol. The lowest BCUT2D eigenvalue weighted by Gasteiger charge is -2.22. The largest absolute Gasteiger partial charge is 0.478 e. The smallest absolute Gasteiger partial charge is 0.335 e. The molecule has 4 N–H and O–H groups in total. The van der Waals surface area contributed by atoms with Gasteiger partial charge in [-0.2, -0.15) is 0 Å². The van der Waals surface area contributed by atoms with Crippen LogP contribution in [0.4, 0.5) is 11.4 Å². The summed E-state index contributed by atoms with van der Waals surface area (Å²) in [6, 6.07) is 14.1. The minimum absolute atomic E-state index is 0.0607. The number of carboxylic acids is 1. The number of guanidine groups is 1. The zero-order valence-corrected chi connectivity index (χ0v) is 15.9. The number of fused-ring (bicyclic) bond motifs is 1. The molecule has 0 aromatic heterocycles. The lowest BCUT2D eigenvalue weighted by atomic mass is 9.95. The molecule has 1 aliphatic rings. The molecule has 8 heteroatoms. The van der Waals surface area contributed by atoms with Crippen molar-refractivity contribution in [1.29, 1.82) is 0 Å². The zero-order valence-electron chi connectivity index (χ0n) is 15.9. The highest BCUT2D eigenvalue weighted by atomic mass is 16.4. The Labute approximate surface area is 168 Å². The third-order valence-corrected chi connectivity index (χ3v) is 4.17. The molecule has 0 atom stereocenters. The summed E-state index contributed by atoms with van der Waals surface area (Å²) < 4.78 is 0. The van der Waals surface area contributed by atoms with Gasteiger partial charge in [0.05, 0.1) is 17.9 Å². The normalized spacial score (nSPS) is 15.0. The number of carbonyl (C=O) groups is 1. The molecule has 0 aliphatic carbocycles. The van der Waals surface area contributed by atoms with Crippen molar-refractivity contribution in [2.75, 3.05) is 25.5 Å². The van der Waals surface area contributed by atoms with E-state index in [-0.39, 0.29) is 12.2 Å². The molecule has 2 aromatic rings. The van der Waals surface area contributed by atoms with Crippen LogP contribution < -0.4 is 10.6 Å². The number of aromatic carboxylic acids is 1. The summed E-state index contributed by atoms with van der Waals surface area (Å²) in [7, 11) is 1.59. The lowest BCUT2D eigenvalue weighted by molar-refractivity contribution is 0.0697. The van der Waals surface area contributed by atoms with Gasteiger partial charge in [0.25, 0.3) is 0 Å². The van der Waals surface area contributed by atoms with Crippen LogP contribution >= 0.6 is 0 Å². The molecule has 148 valence electrons. The fourth-order valence-corrected chi connectivity index (χ4v) is 2.76. The van der Waals surface area contributed by atoms with Crippen LogP contribution in [0.2, 0.25) is 0 Å². The molecule has 0 saturated heterocycles. The highest BCUT2D eigenvalue weighted by Crippen LogP contribution is 2.33. The molecule has 0 radical (unpaired) electrons. The Morgan fingerprint density at radius 1 is 1.21 bits per heavy atom. The van der Waals surface area contributed by atoms with Crippen molar-refractivity contribution in [3.05, 3.63) is 66.2 Å². The van der Waals surface area contributed by atoms with Gasteiger partial charge in [0.15, 0.2) is 5.84 Å². The highest BCUT2D eigenvalue weighted by molar-refractivity contribution is 6.62. The zero-order chi connectivity index (χ0) is 20.8. The summed E-state index contributed by atoms with van der Waals surface area (Å²) in [5.74, 6) is -0.286. The molecule has 0 spiro atoms. The molecule has 0 amide bonds. The first-order valence-electron chi connectivity index (χ1n) is 8.92. The van der Waals surface area contributed by atoms with Crippen molar-refractivity contribution in [2.24, 2.45) is 15.0 Å². The molecule has 29 heavy (non-hydrogen) atoms. The molecule has 2 aromatic carbocycles. The van der Waals surface area contributed by atoms with E-state index >= 15 is 0 Å². The summed E-state index contributed by atoms with van der Waals surface area (Å²) in [6.07, 6.45) is 0. The third-order valence-electron chi connectivity index (χ3n) is 4.17. The van der Waals surface area contributed by atoms with Crippen LogP contribution in [0.1, 0.15) is 15.9 Å². The Morgan fingerprint density at radius 2 is 1.97 bits per heavy atom. The average molecular weight is 391 g/mol. The third kappa shape index (κ3) is 4.56. The van der Waals surface area contributed by atoms with Gasteiger partial charge in [-0.1, -0.05) is 30.8 Å². The Morgan fingerprint density at radius 3 is 2.62 bits per heavy atom. The highest BCUT2D eigenvalue weighted by Gasteiger charge is 2.24. The quantitative estimate of drug-likeness (QED) is 0.472. The molecule has 0 unspecified atom stereocenters. The Kier molecular flexibility index (Phi) is 6.16. The van der Waals surface area contributed by atoms with Crippen molar-refractivity contribution in [1.82, 2.24) is 5.32 Å². The lowest BCUT2D eigenvalue weighted by Crippen LogP contribution is -2.31. The number of aliphatic hydroxyl groups is 1. The topological polar surface area (TPSA) is 119 Å². The number of aliphatic imine (C=N–C) groups is 3. The van der Waals surface area contributed by atoms with Crippen molar-refractivity contribution in [3.63, 3.8) is 0 Å². The SMILES string of the molecule is C=C1C(=NC(=NC)NCCO)C(Nc2ccccc2)=Nc2cc(C(=O)O)ccc21. The van der Waals surface area contributed by atoms with Gasteiger partial charge in [-0.15, -0.1) is 0 Å². The first kappa shape index (κ1) is 20.0. The van der Waals surface area contributed by atoms with Gasteiger partial charge < -0.3 is 20.8 Å². The summed E-state index contributed by atoms with van der Waals surface area (Å²) in [6.45, 7) is 4.38.